The van der Waals surface area contributed by atoms with Gasteiger partial charge in [0.1, 0.15) is 5.82 Å². The molecule has 0 spiro atoms. The standard InChI is InChI=1S/C19H29FN4/c1-14(2)18(16-5-7-17(20)8-6-16)13-22-19(21)24-11-9-23(10-12-24)15(3)4/h5-8,13-15H,9-12H2,1-4H3,(H2,21,22)/b18-13+. The number of rotatable bonds is 4. The van der Waals surface area contributed by atoms with Gasteiger partial charge in [-0.25, -0.2) is 9.38 Å². The average molecular weight is 332 g/mol. The molecular weight excluding hydrogens is 303 g/mol. The van der Waals surface area contributed by atoms with Gasteiger partial charge in [0, 0.05) is 38.4 Å². The minimum Gasteiger partial charge on any atom is -0.370 e. The van der Waals surface area contributed by atoms with E-state index in [2.05, 4.69) is 42.5 Å². The van der Waals surface area contributed by atoms with Crippen LogP contribution in [0.4, 0.5) is 4.39 Å². The molecule has 132 valence electrons. The Balaban J connectivity index is 2.10. The zero-order chi connectivity index (χ0) is 17.7. The predicted octanol–water partition coefficient (Wildman–Crippen LogP) is 3.16. The first kappa shape index (κ1) is 18.5. The summed E-state index contributed by atoms with van der Waals surface area (Å²) in [5.41, 5.74) is 8.21. The second-order valence-electron chi connectivity index (χ2n) is 6.85. The van der Waals surface area contributed by atoms with Crippen molar-refractivity contribution in [2.24, 2.45) is 16.6 Å². The van der Waals surface area contributed by atoms with Crippen molar-refractivity contribution in [1.82, 2.24) is 9.80 Å². The molecule has 5 heteroatoms. The van der Waals surface area contributed by atoms with E-state index in [1.807, 2.05) is 6.20 Å². The fraction of sp³-hybridized carbons (Fsp3) is 0.526. The van der Waals surface area contributed by atoms with E-state index in [9.17, 15) is 4.39 Å². The summed E-state index contributed by atoms with van der Waals surface area (Å²) in [5, 5.41) is 0. The van der Waals surface area contributed by atoms with E-state index in [0.717, 1.165) is 37.3 Å². The summed E-state index contributed by atoms with van der Waals surface area (Å²) in [5.74, 6) is 0.608. The lowest BCUT2D eigenvalue weighted by atomic mass is 9.96. The summed E-state index contributed by atoms with van der Waals surface area (Å²) >= 11 is 0. The van der Waals surface area contributed by atoms with Gasteiger partial charge < -0.3 is 10.6 Å². The molecule has 0 radical (unpaired) electrons. The number of hydrogen-bond donors (Lipinski definition) is 1. The molecule has 1 fully saturated rings. The summed E-state index contributed by atoms with van der Waals surface area (Å²) in [6.07, 6.45) is 1.82. The van der Waals surface area contributed by atoms with Gasteiger partial charge in [-0.15, -0.1) is 0 Å². The number of nitrogens with two attached hydrogens (primary N) is 1. The Morgan fingerprint density at radius 3 is 2.17 bits per heavy atom. The van der Waals surface area contributed by atoms with E-state index in [-0.39, 0.29) is 11.7 Å². The molecule has 1 aromatic carbocycles. The van der Waals surface area contributed by atoms with Gasteiger partial charge in [0.25, 0.3) is 0 Å². The number of piperazine rings is 1. The Bertz CT molecular complexity index is 582. The largest absolute Gasteiger partial charge is 0.370 e. The molecular formula is C19H29FN4. The minimum absolute atomic E-state index is 0.229. The van der Waals surface area contributed by atoms with E-state index >= 15 is 0 Å². The van der Waals surface area contributed by atoms with E-state index in [0.29, 0.717) is 12.0 Å². The average Bonchev–Trinajstić information content (AvgIpc) is 2.56. The highest BCUT2D eigenvalue weighted by Crippen LogP contribution is 2.23. The molecule has 1 saturated heterocycles. The molecule has 0 saturated carbocycles. The van der Waals surface area contributed by atoms with Crippen LogP contribution < -0.4 is 5.73 Å². The molecule has 0 atom stereocenters. The van der Waals surface area contributed by atoms with Crippen LogP contribution in [-0.2, 0) is 0 Å². The summed E-state index contributed by atoms with van der Waals surface area (Å²) < 4.78 is 13.1. The normalized spacial score (nSPS) is 17.9. The highest BCUT2D eigenvalue weighted by atomic mass is 19.1. The molecule has 0 aromatic heterocycles. The van der Waals surface area contributed by atoms with Crippen molar-refractivity contribution < 1.29 is 4.39 Å². The molecule has 0 bridgehead atoms. The second kappa shape index (κ2) is 8.29. The van der Waals surface area contributed by atoms with E-state index in [1.165, 1.54) is 12.1 Å². The van der Waals surface area contributed by atoms with Gasteiger partial charge in [0.15, 0.2) is 5.96 Å². The monoisotopic (exact) mass is 332 g/mol. The maximum Gasteiger partial charge on any atom is 0.195 e. The van der Waals surface area contributed by atoms with Gasteiger partial charge in [0.05, 0.1) is 0 Å². The van der Waals surface area contributed by atoms with Crippen LogP contribution in [0.2, 0.25) is 0 Å². The molecule has 1 heterocycles. The highest BCUT2D eigenvalue weighted by molar-refractivity contribution is 5.80. The van der Waals surface area contributed by atoms with Crippen molar-refractivity contribution in [3.63, 3.8) is 0 Å². The molecule has 24 heavy (non-hydrogen) atoms. The van der Waals surface area contributed by atoms with Crippen LogP contribution in [-0.4, -0.2) is 48.0 Å². The number of allylic oxidation sites excluding steroid dienone is 1. The van der Waals surface area contributed by atoms with E-state index in [4.69, 9.17) is 5.73 Å². The molecule has 0 unspecified atom stereocenters. The zero-order valence-electron chi connectivity index (χ0n) is 15.2. The molecule has 2 rings (SSSR count). The number of halogens is 1. The third-order valence-corrected chi connectivity index (χ3v) is 4.50. The van der Waals surface area contributed by atoms with Gasteiger partial charge in [0.2, 0.25) is 0 Å². The van der Waals surface area contributed by atoms with Crippen LogP contribution in [0.15, 0.2) is 35.5 Å². The van der Waals surface area contributed by atoms with Crippen molar-refractivity contribution in [3.8, 4) is 0 Å². The smallest absolute Gasteiger partial charge is 0.195 e. The summed E-state index contributed by atoms with van der Waals surface area (Å²) in [6.45, 7) is 12.4. The maximum absolute atomic E-state index is 13.1. The van der Waals surface area contributed by atoms with E-state index < -0.39 is 0 Å². The third kappa shape index (κ3) is 4.81. The summed E-state index contributed by atoms with van der Waals surface area (Å²) in [4.78, 5) is 9.05. The quantitative estimate of drug-likeness (QED) is 0.680. The first-order valence-corrected chi connectivity index (χ1v) is 8.66. The Morgan fingerprint density at radius 2 is 1.67 bits per heavy atom. The van der Waals surface area contributed by atoms with Crippen molar-refractivity contribution in [2.75, 3.05) is 26.2 Å². The topological polar surface area (TPSA) is 44.9 Å². The van der Waals surface area contributed by atoms with Gasteiger partial charge in [-0.2, -0.15) is 0 Å². The molecule has 2 N–H and O–H groups in total. The van der Waals surface area contributed by atoms with Crippen LogP contribution in [0, 0.1) is 11.7 Å². The fourth-order valence-electron chi connectivity index (χ4n) is 2.88. The van der Waals surface area contributed by atoms with Gasteiger partial charge in [-0.3, -0.25) is 4.90 Å². The molecule has 4 nitrogen and oxygen atoms in total. The first-order chi connectivity index (χ1) is 11.4. The molecule has 1 aliphatic heterocycles. The van der Waals surface area contributed by atoms with Crippen molar-refractivity contribution in [1.29, 1.82) is 0 Å². The first-order valence-electron chi connectivity index (χ1n) is 8.66. The number of benzene rings is 1. The van der Waals surface area contributed by atoms with Crippen LogP contribution >= 0.6 is 0 Å². The zero-order valence-corrected chi connectivity index (χ0v) is 15.2. The maximum atomic E-state index is 13.1. The van der Waals surface area contributed by atoms with Crippen LogP contribution in [0.5, 0.6) is 0 Å². The Morgan fingerprint density at radius 1 is 1.08 bits per heavy atom. The fourth-order valence-corrected chi connectivity index (χ4v) is 2.88. The Kier molecular flexibility index (Phi) is 6.37. The second-order valence-corrected chi connectivity index (χ2v) is 6.85. The molecule has 0 amide bonds. The van der Waals surface area contributed by atoms with Gasteiger partial charge in [-0.05, 0) is 43.0 Å². The van der Waals surface area contributed by atoms with Crippen molar-refractivity contribution >= 4 is 11.5 Å². The van der Waals surface area contributed by atoms with Crippen LogP contribution in [0.3, 0.4) is 0 Å². The minimum atomic E-state index is -0.229. The van der Waals surface area contributed by atoms with E-state index in [1.54, 1.807) is 12.1 Å². The third-order valence-electron chi connectivity index (χ3n) is 4.50. The Labute approximate surface area is 144 Å². The van der Waals surface area contributed by atoms with Gasteiger partial charge >= 0.3 is 0 Å². The predicted molar refractivity (Wildman–Crippen MR) is 99.1 cm³/mol. The summed E-state index contributed by atoms with van der Waals surface area (Å²) in [7, 11) is 0. The number of nitrogens with zero attached hydrogens (tertiary/aromatic N) is 3. The van der Waals surface area contributed by atoms with Crippen molar-refractivity contribution in [2.45, 2.75) is 33.7 Å². The number of aliphatic imine (C=N–C) groups is 1. The highest BCUT2D eigenvalue weighted by Gasteiger charge is 2.19. The number of hydrogen-bond acceptors (Lipinski definition) is 2. The molecule has 1 aliphatic rings. The molecule has 0 aliphatic carbocycles. The molecule has 1 aromatic rings. The van der Waals surface area contributed by atoms with Gasteiger partial charge in [-0.1, -0.05) is 26.0 Å². The van der Waals surface area contributed by atoms with Crippen LogP contribution in [0.1, 0.15) is 33.3 Å². The lowest BCUT2D eigenvalue weighted by Gasteiger charge is -2.37. The summed E-state index contributed by atoms with van der Waals surface area (Å²) in [6, 6.07) is 7.09. The Hall–Kier alpha value is -1.88. The lowest BCUT2D eigenvalue weighted by molar-refractivity contribution is 0.148. The van der Waals surface area contributed by atoms with Crippen molar-refractivity contribution in [3.05, 3.63) is 41.8 Å². The lowest BCUT2D eigenvalue weighted by Crippen LogP contribution is -2.52. The SMILES string of the molecule is CC(C)/C(=C\N=C(N)N1CCN(C(C)C)CC1)c1ccc(F)cc1. The number of guanidine groups is 1. The van der Waals surface area contributed by atoms with Crippen LogP contribution in [0.25, 0.3) is 5.57 Å².